The monoisotopic (exact) mass is 167 g/mol. The van der Waals surface area contributed by atoms with Crippen LogP contribution in [0.25, 0.3) is 0 Å². The van der Waals surface area contributed by atoms with Crippen LogP contribution in [0.5, 0.6) is 0 Å². The summed E-state index contributed by atoms with van der Waals surface area (Å²) in [5.74, 6) is 0.377. The summed E-state index contributed by atoms with van der Waals surface area (Å²) < 4.78 is 4.93. The van der Waals surface area contributed by atoms with Crippen LogP contribution in [0.2, 0.25) is 0 Å². The van der Waals surface area contributed by atoms with Crippen molar-refractivity contribution in [2.45, 2.75) is 13.0 Å². The Kier molecular flexibility index (Phi) is 5.25. The zero-order valence-corrected chi connectivity index (χ0v) is 6.50. The fourth-order valence-electron chi connectivity index (χ4n) is 0.508. The van der Waals surface area contributed by atoms with Crippen molar-refractivity contribution in [2.75, 3.05) is 19.0 Å². The smallest absolute Gasteiger partial charge is 0.229 e. The molecule has 4 nitrogen and oxygen atoms in total. The van der Waals surface area contributed by atoms with Crippen LogP contribution in [0.1, 0.15) is 6.92 Å². The van der Waals surface area contributed by atoms with Crippen molar-refractivity contribution in [1.82, 2.24) is 0 Å². The summed E-state index contributed by atoms with van der Waals surface area (Å²) in [5, 5.41) is 9.87. The number of nitrogens with zero attached hydrogens (tertiary/aromatic N) is 1. The molecule has 0 fully saturated rings. The van der Waals surface area contributed by atoms with Gasteiger partial charge in [-0.2, -0.15) is 0 Å². The van der Waals surface area contributed by atoms with Gasteiger partial charge >= 0.3 is 0 Å². The summed E-state index contributed by atoms with van der Waals surface area (Å²) in [4.78, 5) is 9.46. The van der Waals surface area contributed by atoms with Crippen LogP contribution in [0.3, 0.4) is 0 Å². The highest BCUT2D eigenvalue weighted by Gasteiger charge is 2.07. The van der Waals surface area contributed by atoms with Gasteiger partial charge in [0, 0.05) is 10.8 Å². The molecule has 0 aliphatic heterocycles. The third kappa shape index (κ3) is 5.78. The number of halogens is 1. The zero-order chi connectivity index (χ0) is 7.98. The molecule has 0 aliphatic carbocycles. The number of rotatable bonds is 5. The topological polar surface area (TPSA) is 52.4 Å². The maximum Gasteiger partial charge on any atom is 0.229 e. The first-order valence-electron chi connectivity index (χ1n) is 2.96. The van der Waals surface area contributed by atoms with E-state index in [4.69, 9.17) is 16.3 Å². The molecule has 0 aromatic carbocycles. The Bertz CT molecular complexity index is 109. The average Bonchev–Trinajstić information content (AvgIpc) is 1.82. The van der Waals surface area contributed by atoms with E-state index in [-0.39, 0.29) is 12.6 Å². The number of nitro groups is 1. The molecule has 60 valence electrons. The number of alkyl halides is 1. The van der Waals surface area contributed by atoms with Crippen molar-refractivity contribution >= 4 is 11.6 Å². The van der Waals surface area contributed by atoms with E-state index in [0.717, 1.165) is 0 Å². The first-order chi connectivity index (χ1) is 4.66. The van der Waals surface area contributed by atoms with Crippen LogP contribution in [-0.2, 0) is 4.74 Å². The molecule has 1 atom stereocenters. The largest absolute Gasteiger partial charge is 0.370 e. The molecule has 0 aliphatic rings. The molecule has 0 amide bonds. The quantitative estimate of drug-likeness (QED) is 0.347. The van der Waals surface area contributed by atoms with Crippen molar-refractivity contribution in [3.05, 3.63) is 10.1 Å². The summed E-state index contributed by atoms with van der Waals surface area (Å²) in [5.41, 5.74) is 0. The van der Waals surface area contributed by atoms with Crippen molar-refractivity contribution in [1.29, 1.82) is 0 Å². The Morgan fingerprint density at radius 1 is 1.80 bits per heavy atom. The van der Waals surface area contributed by atoms with Crippen LogP contribution in [-0.4, -0.2) is 30.1 Å². The van der Waals surface area contributed by atoms with E-state index in [2.05, 4.69) is 0 Å². The summed E-state index contributed by atoms with van der Waals surface area (Å²) in [6.07, 6.45) is -0.339. The van der Waals surface area contributed by atoms with Gasteiger partial charge in [-0.25, -0.2) is 0 Å². The first-order valence-corrected chi connectivity index (χ1v) is 3.49. The van der Waals surface area contributed by atoms with Crippen LogP contribution in [0, 0.1) is 10.1 Å². The van der Waals surface area contributed by atoms with E-state index in [1.54, 1.807) is 6.92 Å². The average molecular weight is 168 g/mol. The van der Waals surface area contributed by atoms with Gasteiger partial charge < -0.3 is 4.74 Å². The molecule has 5 heteroatoms. The summed E-state index contributed by atoms with van der Waals surface area (Å²) in [6, 6.07) is 0. The minimum atomic E-state index is -0.404. The Balaban J connectivity index is 3.25. The highest BCUT2D eigenvalue weighted by molar-refractivity contribution is 6.17. The van der Waals surface area contributed by atoms with Crippen molar-refractivity contribution in [2.24, 2.45) is 0 Å². The molecule has 1 unspecified atom stereocenters. The maximum atomic E-state index is 9.87. The van der Waals surface area contributed by atoms with Crippen LogP contribution >= 0.6 is 11.6 Å². The van der Waals surface area contributed by atoms with Crippen LogP contribution in [0.4, 0.5) is 0 Å². The number of ether oxygens (including phenoxy) is 1. The molecule has 0 saturated heterocycles. The van der Waals surface area contributed by atoms with Gasteiger partial charge in [0.05, 0.1) is 6.61 Å². The lowest BCUT2D eigenvalue weighted by atomic mass is 10.4. The maximum absolute atomic E-state index is 9.87. The Morgan fingerprint density at radius 3 is 2.80 bits per heavy atom. The second kappa shape index (κ2) is 5.44. The van der Waals surface area contributed by atoms with E-state index in [0.29, 0.717) is 12.5 Å². The first kappa shape index (κ1) is 9.65. The second-order valence-corrected chi connectivity index (χ2v) is 2.26. The predicted molar refractivity (Wildman–Crippen MR) is 38.0 cm³/mol. The van der Waals surface area contributed by atoms with E-state index >= 15 is 0 Å². The van der Waals surface area contributed by atoms with Crippen molar-refractivity contribution < 1.29 is 9.66 Å². The molecule has 0 aromatic heterocycles. The van der Waals surface area contributed by atoms with E-state index in [9.17, 15) is 10.1 Å². The van der Waals surface area contributed by atoms with Gasteiger partial charge in [-0.3, -0.25) is 10.1 Å². The van der Waals surface area contributed by atoms with Gasteiger partial charge in [-0.15, -0.1) is 11.6 Å². The predicted octanol–water partition coefficient (Wildman–Crippen LogP) is 0.907. The minimum Gasteiger partial charge on any atom is -0.370 e. The highest BCUT2D eigenvalue weighted by Crippen LogP contribution is 1.91. The fourth-order valence-corrected chi connectivity index (χ4v) is 0.597. The molecular weight excluding hydrogens is 158 g/mol. The number of hydrogen-bond acceptors (Lipinski definition) is 3. The highest BCUT2D eigenvalue weighted by atomic mass is 35.5. The third-order valence-corrected chi connectivity index (χ3v) is 1.04. The molecule has 0 heterocycles. The molecule has 0 rings (SSSR count). The van der Waals surface area contributed by atoms with Gasteiger partial charge in [0.1, 0.15) is 6.10 Å². The van der Waals surface area contributed by atoms with E-state index in [1.165, 1.54) is 0 Å². The van der Waals surface area contributed by atoms with Gasteiger partial charge in [-0.05, 0) is 6.92 Å². The molecule has 0 saturated carbocycles. The molecule has 0 aromatic rings. The lowest BCUT2D eigenvalue weighted by Gasteiger charge is -2.05. The lowest BCUT2D eigenvalue weighted by Crippen LogP contribution is -2.20. The van der Waals surface area contributed by atoms with Gasteiger partial charge in [0.2, 0.25) is 6.54 Å². The standard InChI is InChI=1S/C5H10ClNO3/c1-5(4-7(8)9)10-3-2-6/h5H,2-4H2,1H3. The Labute approximate surface area is 64.3 Å². The fraction of sp³-hybridized carbons (Fsp3) is 1.00. The van der Waals surface area contributed by atoms with Gasteiger partial charge in [0.25, 0.3) is 0 Å². The number of hydrogen-bond donors (Lipinski definition) is 0. The molecule has 0 bridgehead atoms. The molecular formula is C5H10ClNO3. The molecule has 0 radical (unpaired) electrons. The zero-order valence-electron chi connectivity index (χ0n) is 5.75. The van der Waals surface area contributed by atoms with Gasteiger partial charge in [-0.1, -0.05) is 0 Å². The van der Waals surface area contributed by atoms with Gasteiger partial charge in [0.15, 0.2) is 0 Å². The van der Waals surface area contributed by atoms with Crippen LogP contribution in [0.15, 0.2) is 0 Å². The van der Waals surface area contributed by atoms with E-state index in [1.807, 2.05) is 0 Å². The molecule has 0 N–H and O–H groups in total. The minimum absolute atomic E-state index is 0.156. The Hall–Kier alpha value is -0.350. The third-order valence-electron chi connectivity index (χ3n) is 0.886. The van der Waals surface area contributed by atoms with Crippen molar-refractivity contribution in [3.63, 3.8) is 0 Å². The second-order valence-electron chi connectivity index (χ2n) is 1.89. The van der Waals surface area contributed by atoms with Crippen molar-refractivity contribution in [3.8, 4) is 0 Å². The summed E-state index contributed by atoms with van der Waals surface area (Å²) in [6.45, 7) is 1.86. The summed E-state index contributed by atoms with van der Waals surface area (Å²) >= 11 is 5.29. The normalized spacial score (nSPS) is 13.0. The SMILES string of the molecule is CC(C[N+](=O)[O-])OCCCl. The van der Waals surface area contributed by atoms with Crippen LogP contribution < -0.4 is 0 Å². The lowest BCUT2D eigenvalue weighted by molar-refractivity contribution is -0.490. The molecule has 10 heavy (non-hydrogen) atoms. The Morgan fingerprint density at radius 2 is 2.40 bits per heavy atom. The molecule has 0 spiro atoms. The van der Waals surface area contributed by atoms with E-state index < -0.39 is 4.92 Å². The summed E-state index contributed by atoms with van der Waals surface area (Å²) in [7, 11) is 0.